The van der Waals surface area contributed by atoms with Crippen molar-refractivity contribution in [1.82, 2.24) is 4.31 Å². The van der Waals surface area contributed by atoms with Crippen molar-refractivity contribution in [3.05, 3.63) is 64.7 Å². The van der Waals surface area contributed by atoms with Crippen LogP contribution in [-0.2, 0) is 10.0 Å². The maximum Gasteiger partial charge on any atom is 0.270 e. The molecule has 7 nitrogen and oxygen atoms in total. The third-order valence-corrected chi connectivity index (χ3v) is 6.43. The summed E-state index contributed by atoms with van der Waals surface area (Å²) < 4.78 is 27.4. The van der Waals surface area contributed by atoms with Crippen molar-refractivity contribution < 1.29 is 13.3 Å². The second kappa shape index (κ2) is 7.05. The standard InChI is InChI=1S/C18H21N3O4S/c1-14-12-19(13-15(2)20(14)16-7-4-3-5-8-16)26(24,25)18-10-6-9-17(11-18)21(22)23/h3-11,14-15H,12-13H2,1-2H3. The van der Waals surface area contributed by atoms with Crippen LogP contribution >= 0.6 is 0 Å². The van der Waals surface area contributed by atoms with Crippen LogP contribution in [0, 0.1) is 10.1 Å². The van der Waals surface area contributed by atoms with E-state index in [-0.39, 0.29) is 22.7 Å². The van der Waals surface area contributed by atoms with E-state index < -0.39 is 14.9 Å². The highest BCUT2D eigenvalue weighted by Crippen LogP contribution is 2.28. The van der Waals surface area contributed by atoms with Crippen LogP contribution in [0.1, 0.15) is 13.8 Å². The second-order valence-corrected chi connectivity index (χ2v) is 8.46. The van der Waals surface area contributed by atoms with Gasteiger partial charge in [-0.15, -0.1) is 0 Å². The first-order valence-electron chi connectivity index (χ1n) is 8.38. The third kappa shape index (κ3) is 3.42. The number of nitro benzene ring substituents is 1. The fraction of sp³-hybridized carbons (Fsp3) is 0.333. The first-order chi connectivity index (χ1) is 12.3. The van der Waals surface area contributed by atoms with E-state index in [0.717, 1.165) is 11.8 Å². The molecule has 0 amide bonds. The molecule has 26 heavy (non-hydrogen) atoms. The Bertz CT molecular complexity index is 890. The number of piperazine rings is 1. The molecule has 0 bridgehead atoms. The largest absolute Gasteiger partial charge is 0.363 e. The molecule has 2 aromatic carbocycles. The van der Waals surface area contributed by atoms with E-state index in [1.54, 1.807) is 0 Å². The number of nitro groups is 1. The second-order valence-electron chi connectivity index (χ2n) is 6.52. The monoisotopic (exact) mass is 375 g/mol. The summed E-state index contributed by atoms with van der Waals surface area (Å²) in [6.07, 6.45) is 0. The van der Waals surface area contributed by atoms with Gasteiger partial charge in [-0.1, -0.05) is 24.3 Å². The molecule has 0 radical (unpaired) electrons. The highest BCUT2D eigenvalue weighted by atomic mass is 32.2. The van der Waals surface area contributed by atoms with E-state index in [1.165, 1.54) is 22.5 Å². The lowest BCUT2D eigenvalue weighted by Gasteiger charge is -2.45. The summed E-state index contributed by atoms with van der Waals surface area (Å²) >= 11 is 0. The van der Waals surface area contributed by atoms with Crippen molar-refractivity contribution in [1.29, 1.82) is 0 Å². The van der Waals surface area contributed by atoms with Crippen LogP contribution in [0.15, 0.2) is 59.5 Å². The molecule has 1 aliphatic rings. The Morgan fingerprint density at radius 3 is 2.19 bits per heavy atom. The molecule has 3 rings (SSSR count). The van der Waals surface area contributed by atoms with Crippen LogP contribution in [0.4, 0.5) is 11.4 Å². The number of para-hydroxylation sites is 1. The molecule has 0 aromatic heterocycles. The summed E-state index contributed by atoms with van der Waals surface area (Å²) in [6, 6.07) is 15.1. The Balaban J connectivity index is 1.87. The Morgan fingerprint density at radius 1 is 1.00 bits per heavy atom. The van der Waals surface area contributed by atoms with E-state index in [9.17, 15) is 18.5 Å². The van der Waals surface area contributed by atoms with E-state index in [0.29, 0.717) is 13.1 Å². The summed E-state index contributed by atoms with van der Waals surface area (Å²) in [4.78, 5) is 12.5. The normalized spacial score (nSPS) is 21.5. The Kier molecular flexibility index (Phi) is 4.97. The fourth-order valence-electron chi connectivity index (χ4n) is 3.49. The summed E-state index contributed by atoms with van der Waals surface area (Å²) in [6.45, 7) is 4.62. The maximum atomic E-state index is 13.0. The van der Waals surface area contributed by atoms with Crippen molar-refractivity contribution in [2.24, 2.45) is 0 Å². The molecule has 8 heteroatoms. The maximum absolute atomic E-state index is 13.0. The first-order valence-corrected chi connectivity index (χ1v) is 9.82. The van der Waals surface area contributed by atoms with E-state index in [1.807, 2.05) is 44.2 Å². The average molecular weight is 375 g/mol. The average Bonchev–Trinajstić information content (AvgIpc) is 2.62. The van der Waals surface area contributed by atoms with Gasteiger partial charge in [-0.25, -0.2) is 8.42 Å². The predicted molar refractivity (Wildman–Crippen MR) is 99.7 cm³/mol. The van der Waals surface area contributed by atoms with Crippen molar-refractivity contribution in [2.45, 2.75) is 30.8 Å². The number of rotatable bonds is 4. The van der Waals surface area contributed by atoms with Gasteiger partial charge < -0.3 is 4.90 Å². The number of hydrogen-bond donors (Lipinski definition) is 0. The molecule has 138 valence electrons. The molecule has 1 fully saturated rings. The van der Waals surface area contributed by atoms with Gasteiger partial charge in [0, 0.05) is 43.0 Å². The number of non-ortho nitro benzene ring substituents is 1. The summed E-state index contributed by atoms with van der Waals surface area (Å²) in [5.41, 5.74) is 0.829. The molecule has 2 aromatic rings. The zero-order valence-corrected chi connectivity index (χ0v) is 15.5. The number of hydrogen-bond acceptors (Lipinski definition) is 5. The highest BCUT2D eigenvalue weighted by Gasteiger charge is 2.36. The summed E-state index contributed by atoms with van der Waals surface area (Å²) in [7, 11) is -3.79. The van der Waals surface area contributed by atoms with Gasteiger partial charge in [-0.3, -0.25) is 10.1 Å². The summed E-state index contributed by atoms with van der Waals surface area (Å²) in [5, 5.41) is 11.0. The third-order valence-electron chi connectivity index (χ3n) is 4.61. The predicted octanol–water partition coefficient (Wildman–Crippen LogP) is 2.88. The quantitative estimate of drug-likeness (QED) is 0.606. The minimum atomic E-state index is -3.79. The zero-order chi connectivity index (χ0) is 18.9. The lowest BCUT2D eigenvalue weighted by molar-refractivity contribution is -0.385. The minimum Gasteiger partial charge on any atom is -0.363 e. The lowest BCUT2D eigenvalue weighted by Crippen LogP contribution is -2.58. The molecule has 0 saturated carbocycles. The molecule has 0 aliphatic carbocycles. The van der Waals surface area contributed by atoms with Crippen molar-refractivity contribution >= 4 is 21.4 Å². The molecule has 2 atom stereocenters. The number of nitrogens with zero attached hydrogens (tertiary/aromatic N) is 3. The molecular weight excluding hydrogens is 354 g/mol. The van der Waals surface area contributed by atoms with E-state index in [2.05, 4.69) is 4.90 Å². The topological polar surface area (TPSA) is 83.8 Å². The zero-order valence-electron chi connectivity index (χ0n) is 14.6. The van der Waals surface area contributed by atoms with Gasteiger partial charge in [0.1, 0.15) is 0 Å². The van der Waals surface area contributed by atoms with Crippen molar-refractivity contribution in [3.63, 3.8) is 0 Å². The van der Waals surface area contributed by atoms with Crippen molar-refractivity contribution in [2.75, 3.05) is 18.0 Å². The van der Waals surface area contributed by atoms with E-state index >= 15 is 0 Å². The fourth-order valence-corrected chi connectivity index (χ4v) is 5.13. The van der Waals surface area contributed by atoms with Gasteiger partial charge in [0.15, 0.2) is 0 Å². The molecule has 1 heterocycles. The van der Waals surface area contributed by atoms with Gasteiger partial charge in [0.25, 0.3) is 5.69 Å². The molecular formula is C18H21N3O4S. The molecule has 1 saturated heterocycles. The van der Waals surface area contributed by atoms with Crippen LogP contribution in [0.25, 0.3) is 0 Å². The number of anilines is 1. The van der Waals surface area contributed by atoms with Gasteiger partial charge in [-0.2, -0.15) is 4.31 Å². The number of sulfonamides is 1. The van der Waals surface area contributed by atoms with Crippen LogP contribution in [0.3, 0.4) is 0 Å². The number of benzene rings is 2. The lowest BCUT2D eigenvalue weighted by atomic mass is 10.1. The van der Waals surface area contributed by atoms with Gasteiger partial charge >= 0.3 is 0 Å². The smallest absolute Gasteiger partial charge is 0.270 e. The Morgan fingerprint density at radius 2 is 1.62 bits per heavy atom. The highest BCUT2D eigenvalue weighted by molar-refractivity contribution is 7.89. The van der Waals surface area contributed by atoms with Gasteiger partial charge in [-0.05, 0) is 32.0 Å². The summed E-state index contributed by atoms with van der Waals surface area (Å²) in [5.74, 6) is 0. The molecule has 2 unspecified atom stereocenters. The SMILES string of the molecule is CC1CN(S(=O)(=O)c2cccc([N+](=O)[O-])c2)CC(C)N1c1ccccc1. The van der Waals surface area contributed by atoms with Crippen LogP contribution in [0.2, 0.25) is 0 Å². The van der Waals surface area contributed by atoms with Crippen LogP contribution in [-0.4, -0.2) is 42.8 Å². The van der Waals surface area contributed by atoms with Gasteiger partial charge in [0.05, 0.1) is 9.82 Å². The Labute approximate surface area is 153 Å². The minimum absolute atomic E-state index is 0.0189. The molecule has 0 spiro atoms. The molecule has 1 aliphatic heterocycles. The van der Waals surface area contributed by atoms with E-state index in [4.69, 9.17) is 0 Å². The first kappa shape index (κ1) is 18.3. The van der Waals surface area contributed by atoms with Gasteiger partial charge in [0.2, 0.25) is 10.0 Å². The van der Waals surface area contributed by atoms with Crippen molar-refractivity contribution in [3.8, 4) is 0 Å². The van der Waals surface area contributed by atoms with Crippen LogP contribution < -0.4 is 4.90 Å². The van der Waals surface area contributed by atoms with Crippen LogP contribution in [0.5, 0.6) is 0 Å². The Hall–Kier alpha value is -2.45. The molecule has 0 N–H and O–H groups in total.